The summed E-state index contributed by atoms with van der Waals surface area (Å²) in [7, 11) is 0. The molecule has 1 unspecified atom stereocenters. The van der Waals surface area contributed by atoms with E-state index < -0.39 is 0 Å². The number of hydrogen-bond donors (Lipinski definition) is 1. The fourth-order valence-electron chi connectivity index (χ4n) is 2.80. The standard InChI is InChI=1S/C20H20BrN3O2S/c1-11-8-12(2)17(13(3)9-11)22-18(25)14(4)27-20-24-23-19(26-20)15-6-5-7-16(21)10-15/h5-10,14H,1-4H3,(H,22,25). The van der Waals surface area contributed by atoms with E-state index >= 15 is 0 Å². The van der Waals surface area contributed by atoms with Crippen molar-refractivity contribution in [1.29, 1.82) is 0 Å². The van der Waals surface area contributed by atoms with E-state index in [9.17, 15) is 4.79 Å². The third kappa shape index (κ3) is 4.78. The van der Waals surface area contributed by atoms with Gasteiger partial charge in [0.1, 0.15) is 0 Å². The summed E-state index contributed by atoms with van der Waals surface area (Å²) in [6.45, 7) is 7.86. The molecule has 1 heterocycles. The minimum absolute atomic E-state index is 0.0998. The van der Waals surface area contributed by atoms with Gasteiger partial charge in [-0.3, -0.25) is 4.79 Å². The normalized spacial score (nSPS) is 12.0. The van der Waals surface area contributed by atoms with Gasteiger partial charge in [0, 0.05) is 15.7 Å². The van der Waals surface area contributed by atoms with Crippen LogP contribution in [0.4, 0.5) is 5.69 Å². The van der Waals surface area contributed by atoms with E-state index in [-0.39, 0.29) is 11.2 Å². The predicted octanol–water partition coefficient (Wildman–Crippen LogP) is 5.54. The van der Waals surface area contributed by atoms with Crippen LogP contribution in [0.3, 0.4) is 0 Å². The van der Waals surface area contributed by atoms with Crippen molar-refractivity contribution in [2.45, 2.75) is 38.2 Å². The Morgan fingerprint density at radius 2 is 1.85 bits per heavy atom. The lowest BCUT2D eigenvalue weighted by atomic mass is 10.1. The number of rotatable bonds is 5. The SMILES string of the molecule is Cc1cc(C)c(NC(=O)C(C)Sc2nnc(-c3cccc(Br)c3)o2)c(C)c1. The van der Waals surface area contributed by atoms with Crippen molar-refractivity contribution >= 4 is 39.3 Å². The Morgan fingerprint density at radius 3 is 2.52 bits per heavy atom. The molecule has 3 aromatic rings. The maximum atomic E-state index is 12.6. The molecule has 0 saturated heterocycles. The molecule has 1 atom stereocenters. The number of amides is 1. The molecule has 0 aliphatic carbocycles. The molecule has 27 heavy (non-hydrogen) atoms. The van der Waals surface area contributed by atoms with Crippen LogP contribution in [0.15, 0.2) is 50.5 Å². The molecule has 0 bridgehead atoms. The first-order valence-corrected chi connectivity index (χ1v) is 10.2. The molecule has 1 aromatic heterocycles. The van der Waals surface area contributed by atoms with Crippen LogP contribution in [0.5, 0.6) is 0 Å². The first kappa shape index (κ1) is 19.6. The second-order valence-electron chi connectivity index (χ2n) is 6.41. The zero-order chi connectivity index (χ0) is 19.6. The Balaban J connectivity index is 1.69. The van der Waals surface area contributed by atoms with Crippen molar-refractivity contribution in [2.75, 3.05) is 5.32 Å². The average molecular weight is 446 g/mol. The zero-order valence-corrected chi connectivity index (χ0v) is 17.9. The van der Waals surface area contributed by atoms with E-state index in [1.165, 1.54) is 17.3 Å². The number of aromatic nitrogens is 2. The van der Waals surface area contributed by atoms with E-state index in [1.54, 1.807) is 0 Å². The largest absolute Gasteiger partial charge is 0.411 e. The number of benzene rings is 2. The van der Waals surface area contributed by atoms with Gasteiger partial charge in [-0.25, -0.2) is 0 Å². The predicted molar refractivity (Wildman–Crippen MR) is 112 cm³/mol. The third-order valence-corrected chi connectivity index (χ3v) is 5.48. The first-order chi connectivity index (χ1) is 12.8. The van der Waals surface area contributed by atoms with Crippen molar-refractivity contribution in [3.63, 3.8) is 0 Å². The van der Waals surface area contributed by atoms with Crippen LogP contribution in [0, 0.1) is 20.8 Å². The Kier molecular flexibility index (Phi) is 6.01. The fourth-order valence-corrected chi connectivity index (χ4v) is 3.88. The molecule has 0 spiro atoms. The van der Waals surface area contributed by atoms with E-state index in [2.05, 4.69) is 43.6 Å². The molecule has 0 aliphatic rings. The number of hydrogen-bond acceptors (Lipinski definition) is 5. The molecule has 0 fully saturated rings. The van der Waals surface area contributed by atoms with Gasteiger partial charge in [-0.2, -0.15) is 0 Å². The van der Waals surface area contributed by atoms with Gasteiger partial charge >= 0.3 is 0 Å². The number of carbonyl (C=O) groups excluding carboxylic acids is 1. The molecule has 7 heteroatoms. The highest BCUT2D eigenvalue weighted by atomic mass is 79.9. The third-order valence-electron chi connectivity index (χ3n) is 4.05. The van der Waals surface area contributed by atoms with Crippen molar-refractivity contribution in [2.24, 2.45) is 0 Å². The number of carbonyl (C=O) groups is 1. The van der Waals surface area contributed by atoms with Gasteiger partial charge in [0.05, 0.1) is 5.25 Å². The van der Waals surface area contributed by atoms with Crippen molar-refractivity contribution in [3.05, 3.63) is 57.6 Å². The Bertz CT molecular complexity index is 964. The van der Waals surface area contributed by atoms with Crippen LogP contribution in [-0.4, -0.2) is 21.4 Å². The quantitative estimate of drug-likeness (QED) is 0.521. The number of nitrogens with zero attached hydrogens (tertiary/aromatic N) is 2. The summed E-state index contributed by atoms with van der Waals surface area (Å²) in [5, 5.41) is 11.1. The topological polar surface area (TPSA) is 68.0 Å². The highest BCUT2D eigenvalue weighted by Crippen LogP contribution is 2.29. The lowest BCUT2D eigenvalue weighted by Crippen LogP contribution is -2.23. The van der Waals surface area contributed by atoms with E-state index in [1.807, 2.05) is 52.0 Å². The summed E-state index contributed by atoms with van der Waals surface area (Å²) >= 11 is 4.67. The molecule has 5 nitrogen and oxygen atoms in total. The second kappa shape index (κ2) is 8.27. The molecule has 2 aromatic carbocycles. The van der Waals surface area contributed by atoms with Gasteiger partial charge in [-0.05, 0) is 57.0 Å². The van der Waals surface area contributed by atoms with E-state index in [0.29, 0.717) is 11.1 Å². The van der Waals surface area contributed by atoms with Gasteiger partial charge in [0.15, 0.2) is 0 Å². The van der Waals surface area contributed by atoms with E-state index in [4.69, 9.17) is 4.42 Å². The average Bonchev–Trinajstić information content (AvgIpc) is 3.06. The monoisotopic (exact) mass is 445 g/mol. The summed E-state index contributed by atoms with van der Waals surface area (Å²) in [5.41, 5.74) is 4.96. The molecule has 0 aliphatic heterocycles. The summed E-state index contributed by atoms with van der Waals surface area (Å²) in [6.07, 6.45) is 0. The summed E-state index contributed by atoms with van der Waals surface area (Å²) < 4.78 is 6.63. The maximum absolute atomic E-state index is 12.6. The summed E-state index contributed by atoms with van der Waals surface area (Å²) in [6, 6.07) is 11.7. The van der Waals surface area contributed by atoms with Crippen molar-refractivity contribution in [1.82, 2.24) is 10.2 Å². The van der Waals surface area contributed by atoms with Crippen LogP contribution in [0.25, 0.3) is 11.5 Å². The van der Waals surface area contributed by atoms with Gasteiger partial charge in [-0.1, -0.05) is 51.5 Å². The lowest BCUT2D eigenvalue weighted by Gasteiger charge is -2.15. The molecule has 1 N–H and O–H groups in total. The molecule has 1 amide bonds. The molecule has 0 saturated carbocycles. The number of aryl methyl sites for hydroxylation is 3. The number of anilines is 1. The van der Waals surface area contributed by atoms with Gasteiger partial charge in [0.2, 0.25) is 11.8 Å². The Hall–Kier alpha value is -2.12. The summed E-state index contributed by atoms with van der Waals surface area (Å²) in [4.78, 5) is 12.6. The van der Waals surface area contributed by atoms with Gasteiger partial charge < -0.3 is 9.73 Å². The van der Waals surface area contributed by atoms with Crippen LogP contribution in [0.2, 0.25) is 0 Å². The van der Waals surface area contributed by atoms with Gasteiger partial charge in [0.25, 0.3) is 5.22 Å². The fraction of sp³-hybridized carbons (Fsp3) is 0.250. The van der Waals surface area contributed by atoms with Crippen LogP contribution < -0.4 is 5.32 Å². The van der Waals surface area contributed by atoms with Crippen molar-refractivity contribution in [3.8, 4) is 11.5 Å². The molecular formula is C20H20BrN3O2S. The minimum Gasteiger partial charge on any atom is -0.411 e. The number of nitrogens with one attached hydrogen (secondary N) is 1. The summed E-state index contributed by atoms with van der Waals surface area (Å²) in [5.74, 6) is 0.328. The highest BCUT2D eigenvalue weighted by Gasteiger charge is 2.20. The molecule has 0 radical (unpaired) electrons. The zero-order valence-electron chi connectivity index (χ0n) is 15.5. The van der Waals surface area contributed by atoms with Gasteiger partial charge in [-0.15, -0.1) is 10.2 Å². The van der Waals surface area contributed by atoms with Crippen molar-refractivity contribution < 1.29 is 9.21 Å². The highest BCUT2D eigenvalue weighted by molar-refractivity contribution is 9.10. The maximum Gasteiger partial charge on any atom is 0.277 e. The molecular weight excluding hydrogens is 426 g/mol. The second-order valence-corrected chi connectivity index (χ2v) is 8.61. The molecule has 3 rings (SSSR count). The smallest absolute Gasteiger partial charge is 0.277 e. The Labute approximate surface area is 171 Å². The van der Waals surface area contributed by atoms with Crippen LogP contribution in [0.1, 0.15) is 23.6 Å². The lowest BCUT2D eigenvalue weighted by molar-refractivity contribution is -0.115. The Morgan fingerprint density at radius 1 is 1.15 bits per heavy atom. The number of thioether (sulfide) groups is 1. The van der Waals surface area contributed by atoms with Crippen LogP contribution >= 0.6 is 27.7 Å². The first-order valence-electron chi connectivity index (χ1n) is 8.48. The number of halogens is 1. The van der Waals surface area contributed by atoms with Crippen LogP contribution in [-0.2, 0) is 4.79 Å². The minimum atomic E-state index is -0.374. The van der Waals surface area contributed by atoms with E-state index in [0.717, 1.165) is 26.9 Å². The molecule has 140 valence electrons.